The standard InChI is InChI=1S/C29H26N2O4S/c1-16-10-12-36-28(16)25-24(26(32)18-7-8-23-20(14-18)13-17(2)35-23)27(33)29(34)31(25)11-9-19-15-30-22-6-4-3-5-21(19)22/h3-8,10,12,14-15,17,25,30,32H,9,11,13H2,1-2H3/b26-24-. The van der Waals surface area contributed by atoms with Crippen molar-refractivity contribution in [2.75, 3.05) is 6.54 Å². The Kier molecular flexibility index (Phi) is 5.45. The quantitative estimate of drug-likeness (QED) is 0.215. The number of amides is 1. The molecule has 2 aliphatic rings. The number of fused-ring (bicyclic) bond motifs is 2. The van der Waals surface area contributed by atoms with Crippen molar-refractivity contribution < 1.29 is 19.4 Å². The Hall–Kier alpha value is -3.84. The molecule has 0 aliphatic carbocycles. The second-order valence-electron chi connectivity index (χ2n) is 9.52. The van der Waals surface area contributed by atoms with E-state index in [2.05, 4.69) is 11.1 Å². The summed E-state index contributed by atoms with van der Waals surface area (Å²) in [6, 6.07) is 14.8. The average Bonchev–Trinajstić information content (AvgIpc) is 3.63. The first kappa shape index (κ1) is 22.6. The number of nitrogens with one attached hydrogen (secondary N) is 1. The smallest absolute Gasteiger partial charge is 0.295 e. The lowest BCUT2D eigenvalue weighted by Crippen LogP contribution is -2.31. The molecule has 2 atom stereocenters. The normalized spacial score (nSPS) is 20.8. The minimum atomic E-state index is -0.644. The number of nitrogens with zero attached hydrogens (tertiary/aromatic N) is 1. The van der Waals surface area contributed by atoms with Gasteiger partial charge in [-0.3, -0.25) is 9.59 Å². The van der Waals surface area contributed by atoms with Crippen molar-refractivity contribution in [1.29, 1.82) is 0 Å². The summed E-state index contributed by atoms with van der Waals surface area (Å²) in [6.07, 6.45) is 3.36. The third-order valence-electron chi connectivity index (χ3n) is 7.16. The highest BCUT2D eigenvalue weighted by Crippen LogP contribution is 2.43. The van der Waals surface area contributed by atoms with Gasteiger partial charge in [-0.1, -0.05) is 18.2 Å². The highest BCUT2D eigenvalue weighted by Gasteiger charge is 2.47. The number of aromatic amines is 1. The number of Topliss-reactive ketones (excluding diaryl/α,β-unsaturated/α-hetero) is 1. The lowest BCUT2D eigenvalue weighted by Gasteiger charge is -2.25. The SMILES string of the molecule is Cc1ccsc1C1/C(=C(/O)c2ccc3c(c2)CC(C)O3)C(=O)C(=O)N1CCc1c[nH]c2ccccc12. The van der Waals surface area contributed by atoms with Crippen LogP contribution in [0.15, 0.2) is 65.7 Å². The monoisotopic (exact) mass is 498 g/mol. The number of thiophene rings is 1. The summed E-state index contributed by atoms with van der Waals surface area (Å²) in [5, 5.41) is 14.5. The van der Waals surface area contributed by atoms with Gasteiger partial charge in [0.15, 0.2) is 0 Å². The maximum absolute atomic E-state index is 13.4. The maximum atomic E-state index is 13.4. The molecule has 0 bridgehead atoms. The first-order valence-electron chi connectivity index (χ1n) is 12.1. The van der Waals surface area contributed by atoms with Crippen LogP contribution < -0.4 is 4.74 Å². The third kappa shape index (κ3) is 3.62. The number of H-pyrrole nitrogens is 1. The molecule has 2 N–H and O–H groups in total. The number of ketones is 1. The Bertz CT molecular complexity index is 1550. The van der Waals surface area contributed by atoms with E-state index in [4.69, 9.17) is 4.74 Å². The van der Waals surface area contributed by atoms with E-state index in [1.165, 1.54) is 11.3 Å². The summed E-state index contributed by atoms with van der Waals surface area (Å²) in [6.45, 7) is 4.33. The number of aliphatic hydroxyl groups is 1. The van der Waals surface area contributed by atoms with E-state index in [1.807, 2.05) is 61.8 Å². The number of benzene rings is 2. The van der Waals surface area contributed by atoms with E-state index in [9.17, 15) is 14.7 Å². The summed E-state index contributed by atoms with van der Waals surface area (Å²) in [4.78, 5) is 32.5. The van der Waals surface area contributed by atoms with Gasteiger partial charge in [0.25, 0.3) is 11.7 Å². The lowest BCUT2D eigenvalue weighted by atomic mass is 9.97. The number of aromatic nitrogens is 1. The molecule has 2 unspecified atom stereocenters. The van der Waals surface area contributed by atoms with Crippen molar-refractivity contribution in [3.05, 3.63) is 92.8 Å². The van der Waals surface area contributed by atoms with Crippen LogP contribution in [-0.2, 0) is 22.4 Å². The Balaban J connectivity index is 1.40. The van der Waals surface area contributed by atoms with Crippen molar-refractivity contribution in [2.24, 2.45) is 0 Å². The zero-order valence-corrected chi connectivity index (χ0v) is 20.9. The summed E-state index contributed by atoms with van der Waals surface area (Å²) < 4.78 is 5.79. The van der Waals surface area contributed by atoms with Crippen molar-refractivity contribution in [1.82, 2.24) is 9.88 Å². The van der Waals surface area contributed by atoms with E-state index >= 15 is 0 Å². The zero-order valence-electron chi connectivity index (χ0n) is 20.1. The number of aryl methyl sites for hydroxylation is 1. The highest BCUT2D eigenvalue weighted by atomic mass is 32.1. The molecule has 2 aromatic carbocycles. The van der Waals surface area contributed by atoms with Crippen LogP contribution in [0.25, 0.3) is 16.7 Å². The number of carbonyl (C=O) groups excluding carboxylic acids is 2. The molecule has 0 spiro atoms. The van der Waals surface area contributed by atoms with Gasteiger partial charge in [0.1, 0.15) is 17.6 Å². The largest absolute Gasteiger partial charge is 0.507 e. The minimum absolute atomic E-state index is 0.0706. The predicted octanol–water partition coefficient (Wildman–Crippen LogP) is 5.53. The van der Waals surface area contributed by atoms with Crippen LogP contribution >= 0.6 is 11.3 Å². The summed E-state index contributed by atoms with van der Waals surface area (Å²) in [7, 11) is 0. The summed E-state index contributed by atoms with van der Waals surface area (Å²) >= 11 is 1.50. The van der Waals surface area contributed by atoms with Crippen LogP contribution in [0.2, 0.25) is 0 Å². The number of likely N-dealkylation sites (tertiary alicyclic amines) is 1. The molecule has 4 heterocycles. The first-order chi connectivity index (χ1) is 17.4. The second-order valence-corrected chi connectivity index (χ2v) is 10.5. The fourth-order valence-electron chi connectivity index (χ4n) is 5.35. The third-order valence-corrected chi connectivity index (χ3v) is 8.23. The van der Waals surface area contributed by atoms with Gasteiger partial charge in [0.2, 0.25) is 0 Å². The molecule has 2 aliphatic heterocycles. The molecule has 36 heavy (non-hydrogen) atoms. The second kappa shape index (κ2) is 8.68. The number of para-hydroxylation sites is 1. The van der Waals surface area contributed by atoms with E-state index < -0.39 is 17.7 Å². The van der Waals surface area contributed by atoms with Gasteiger partial charge < -0.3 is 19.7 Å². The summed E-state index contributed by atoms with van der Waals surface area (Å²) in [5.74, 6) is -0.561. The first-order valence-corrected chi connectivity index (χ1v) is 13.0. The van der Waals surface area contributed by atoms with Crippen LogP contribution in [0, 0.1) is 6.92 Å². The predicted molar refractivity (Wildman–Crippen MR) is 140 cm³/mol. The molecule has 4 aromatic rings. The summed E-state index contributed by atoms with van der Waals surface area (Å²) in [5.41, 5.74) is 4.78. The fraction of sp³-hybridized carbons (Fsp3) is 0.241. The molecule has 1 saturated heterocycles. The van der Waals surface area contributed by atoms with Gasteiger partial charge in [0.05, 0.1) is 11.6 Å². The molecule has 2 aromatic heterocycles. The Morgan fingerprint density at radius 1 is 1.19 bits per heavy atom. The number of hydrogen-bond acceptors (Lipinski definition) is 5. The molecule has 6 rings (SSSR count). The number of hydrogen-bond donors (Lipinski definition) is 2. The van der Waals surface area contributed by atoms with Gasteiger partial charge in [-0.05, 0) is 72.7 Å². The Morgan fingerprint density at radius 3 is 2.83 bits per heavy atom. The zero-order chi connectivity index (χ0) is 25.0. The van der Waals surface area contributed by atoms with E-state index in [1.54, 1.807) is 11.0 Å². The van der Waals surface area contributed by atoms with Crippen LogP contribution in [-0.4, -0.2) is 39.3 Å². The van der Waals surface area contributed by atoms with Crippen molar-refractivity contribution >= 4 is 39.7 Å². The fourth-order valence-corrected chi connectivity index (χ4v) is 6.40. The van der Waals surface area contributed by atoms with E-state index in [0.717, 1.165) is 44.6 Å². The van der Waals surface area contributed by atoms with Gasteiger partial charge in [-0.25, -0.2) is 0 Å². The number of aliphatic hydroxyl groups excluding tert-OH is 1. The highest BCUT2D eigenvalue weighted by molar-refractivity contribution is 7.10. The molecule has 1 amide bonds. The number of carbonyl (C=O) groups is 2. The molecule has 0 saturated carbocycles. The van der Waals surface area contributed by atoms with Crippen molar-refractivity contribution in [3.63, 3.8) is 0 Å². The maximum Gasteiger partial charge on any atom is 0.295 e. The Labute approximate surface area is 212 Å². The molecule has 1 fully saturated rings. The molecule has 182 valence electrons. The number of ether oxygens (including phenoxy) is 1. The van der Waals surface area contributed by atoms with Gasteiger partial charge in [0, 0.05) is 40.5 Å². The van der Waals surface area contributed by atoms with Crippen LogP contribution in [0.3, 0.4) is 0 Å². The molecular formula is C29H26N2O4S. The van der Waals surface area contributed by atoms with Crippen LogP contribution in [0.4, 0.5) is 0 Å². The van der Waals surface area contributed by atoms with Crippen LogP contribution in [0.1, 0.15) is 40.1 Å². The van der Waals surface area contributed by atoms with Gasteiger partial charge >= 0.3 is 0 Å². The van der Waals surface area contributed by atoms with E-state index in [0.29, 0.717) is 18.5 Å². The molecular weight excluding hydrogens is 472 g/mol. The lowest BCUT2D eigenvalue weighted by molar-refractivity contribution is -0.139. The van der Waals surface area contributed by atoms with Gasteiger partial charge in [-0.15, -0.1) is 11.3 Å². The van der Waals surface area contributed by atoms with Crippen LogP contribution in [0.5, 0.6) is 5.75 Å². The van der Waals surface area contributed by atoms with Gasteiger partial charge in [-0.2, -0.15) is 0 Å². The number of rotatable bonds is 5. The molecule has 7 heteroatoms. The van der Waals surface area contributed by atoms with E-state index in [-0.39, 0.29) is 17.4 Å². The molecule has 6 nitrogen and oxygen atoms in total. The van der Waals surface area contributed by atoms with Crippen molar-refractivity contribution in [3.8, 4) is 5.75 Å². The topological polar surface area (TPSA) is 82.6 Å². The Morgan fingerprint density at radius 2 is 2.03 bits per heavy atom. The minimum Gasteiger partial charge on any atom is -0.507 e. The molecule has 0 radical (unpaired) electrons. The van der Waals surface area contributed by atoms with Crippen molar-refractivity contribution in [2.45, 2.75) is 38.8 Å². The average molecular weight is 499 g/mol.